The quantitative estimate of drug-likeness (QED) is 0.513. The van der Waals surface area contributed by atoms with Gasteiger partial charge in [-0.05, 0) is 12.3 Å². The molecule has 0 saturated heterocycles. The largest absolute Gasteiger partial charge is 0.396 e. The van der Waals surface area contributed by atoms with E-state index in [1.807, 2.05) is 0 Å². The van der Waals surface area contributed by atoms with Crippen molar-refractivity contribution in [3.8, 4) is 0 Å². The summed E-state index contributed by atoms with van der Waals surface area (Å²) in [5.74, 6) is -0.183. The van der Waals surface area contributed by atoms with Gasteiger partial charge in [0.25, 0.3) is 0 Å². The SMILES string of the molecule is Nc1nc(F)nc2c1ncn2[C@H]1C(O)[C@@H](O)[C@]2(CO)C[C@H]12. The van der Waals surface area contributed by atoms with Crippen LogP contribution >= 0.6 is 0 Å². The molecular formula is C12H14FN5O3. The van der Waals surface area contributed by atoms with Crippen LogP contribution in [0.1, 0.15) is 12.5 Å². The van der Waals surface area contributed by atoms with Crippen molar-refractivity contribution < 1.29 is 19.7 Å². The molecule has 21 heavy (non-hydrogen) atoms. The first-order chi connectivity index (χ1) is 9.99. The average molecular weight is 295 g/mol. The maximum Gasteiger partial charge on any atom is 0.312 e. The fraction of sp³-hybridized carbons (Fsp3) is 0.583. The van der Waals surface area contributed by atoms with Gasteiger partial charge in [-0.2, -0.15) is 14.4 Å². The van der Waals surface area contributed by atoms with Gasteiger partial charge in [0.1, 0.15) is 11.6 Å². The molecule has 2 heterocycles. The van der Waals surface area contributed by atoms with Crippen LogP contribution in [0.5, 0.6) is 0 Å². The zero-order valence-electron chi connectivity index (χ0n) is 10.9. The molecule has 1 unspecified atom stereocenters. The van der Waals surface area contributed by atoms with Gasteiger partial charge in [-0.1, -0.05) is 0 Å². The molecule has 2 aromatic heterocycles. The minimum absolute atomic E-state index is 0.0755. The Kier molecular flexibility index (Phi) is 2.37. The highest BCUT2D eigenvalue weighted by Crippen LogP contribution is 2.67. The molecule has 0 aromatic carbocycles. The summed E-state index contributed by atoms with van der Waals surface area (Å²) in [6.45, 7) is -0.204. The average Bonchev–Trinajstić information content (AvgIpc) is 2.97. The van der Waals surface area contributed by atoms with Gasteiger partial charge in [0.2, 0.25) is 0 Å². The van der Waals surface area contributed by atoms with Crippen LogP contribution in [0.2, 0.25) is 0 Å². The van der Waals surface area contributed by atoms with E-state index in [-0.39, 0.29) is 29.5 Å². The minimum atomic E-state index is -1.08. The Labute approximate surface area is 118 Å². The van der Waals surface area contributed by atoms with E-state index in [0.29, 0.717) is 6.42 Å². The first kappa shape index (κ1) is 12.9. The summed E-state index contributed by atoms with van der Waals surface area (Å²) in [5, 5.41) is 29.9. The Bertz CT molecular complexity index is 737. The lowest BCUT2D eigenvalue weighted by atomic mass is 10.0. The van der Waals surface area contributed by atoms with Crippen LogP contribution in [0.15, 0.2) is 6.33 Å². The van der Waals surface area contributed by atoms with Crippen molar-refractivity contribution in [2.75, 3.05) is 12.3 Å². The van der Waals surface area contributed by atoms with Gasteiger partial charge in [-0.15, -0.1) is 0 Å². The molecule has 9 heteroatoms. The summed E-state index contributed by atoms with van der Waals surface area (Å²) in [7, 11) is 0. The van der Waals surface area contributed by atoms with Crippen LogP contribution in [0.3, 0.4) is 0 Å². The van der Waals surface area contributed by atoms with Gasteiger partial charge in [0.15, 0.2) is 11.5 Å². The number of rotatable bonds is 2. The summed E-state index contributed by atoms with van der Waals surface area (Å²) in [4.78, 5) is 11.2. The van der Waals surface area contributed by atoms with Crippen molar-refractivity contribution in [2.45, 2.75) is 24.7 Å². The highest BCUT2D eigenvalue weighted by Gasteiger charge is 2.71. The van der Waals surface area contributed by atoms with E-state index in [1.165, 1.54) is 10.9 Å². The smallest absolute Gasteiger partial charge is 0.312 e. The molecule has 2 fully saturated rings. The molecule has 8 nitrogen and oxygen atoms in total. The minimum Gasteiger partial charge on any atom is -0.396 e. The zero-order valence-corrected chi connectivity index (χ0v) is 10.9. The second kappa shape index (κ2) is 3.87. The van der Waals surface area contributed by atoms with Crippen molar-refractivity contribution in [3.63, 3.8) is 0 Å². The number of nitrogen functional groups attached to an aromatic ring is 1. The number of nitrogens with zero attached hydrogens (tertiary/aromatic N) is 4. The van der Waals surface area contributed by atoms with Gasteiger partial charge in [0.05, 0.1) is 25.1 Å². The van der Waals surface area contributed by atoms with E-state index >= 15 is 0 Å². The molecule has 2 aliphatic carbocycles. The van der Waals surface area contributed by atoms with Crippen LogP contribution in [0, 0.1) is 17.4 Å². The first-order valence-electron chi connectivity index (χ1n) is 6.62. The maximum atomic E-state index is 13.4. The second-order valence-electron chi connectivity index (χ2n) is 5.83. The first-order valence-corrected chi connectivity index (χ1v) is 6.62. The van der Waals surface area contributed by atoms with Crippen molar-refractivity contribution in [1.82, 2.24) is 19.5 Å². The standard InChI is InChI=1S/C12H14FN5O3/c13-11-16-9(14)5-10(17-11)18(3-15-5)6-4-1-12(4,2-19)8(21)7(6)20/h3-4,6-8,19-21H,1-2H2,(H2,14,16,17)/t4-,6-,7?,8-,12+/m1/s1. The Hall–Kier alpha value is -1.84. The molecule has 0 bridgehead atoms. The number of hydrogen-bond donors (Lipinski definition) is 4. The number of hydrogen-bond acceptors (Lipinski definition) is 7. The lowest BCUT2D eigenvalue weighted by Crippen LogP contribution is -2.35. The number of aliphatic hydroxyl groups excluding tert-OH is 3. The van der Waals surface area contributed by atoms with Crippen molar-refractivity contribution in [3.05, 3.63) is 12.4 Å². The molecule has 2 aromatic rings. The lowest BCUT2D eigenvalue weighted by molar-refractivity contribution is -0.0300. The van der Waals surface area contributed by atoms with Gasteiger partial charge >= 0.3 is 6.08 Å². The number of aliphatic hydroxyl groups is 3. The summed E-state index contributed by atoms with van der Waals surface area (Å²) < 4.78 is 14.9. The summed E-state index contributed by atoms with van der Waals surface area (Å²) in [6.07, 6.45) is -1.08. The molecule has 0 radical (unpaired) electrons. The molecule has 112 valence electrons. The van der Waals surface area contributed by atoms with Gasteiger partial charge in [0, 0.05) is 5.41 Å². The summed E-state index contributed by atoms with van der Waals surface area (Å²) >= 11 is 0. The summed E-state index contributed by atoms with van der Waals surface area (Å²) in [6, 6.07) is -0.522. The third-order valence-corrected chi connectivity index (χ3v) is 4.89. The normalized spacial score (nSPS) is 37.9. The van der Waals surface area contributed by atoms with Crippen LogP contribution in [-0.2, 0) is 0 Å². The molecular weight excluding hydrogens is 281 g/mol. The van der Waals surface area contributed by atoms with Crippen molar-refractivity contribution in [2.24, 2.45) is 11.3 Å². The van der Waals surface area contributed by atoms with Crippen molar-refractivity contribution in [1.29, 1.82) is 0 Å². The lowest BCUT2D eigenvalue weighted by Gasteiger charge is -2.23. The van der Waals surface area contributed by atoms with Crippen molar-refractivity contribution >= 4 is 17.0 Å². The van der Waals surface area contributed by atoms with Crippen LogP contribution in [-0.4, -0.2) is 53.7 Å². The Morgan fingerprint density at radius 2 is 2.19 bits per heavy atom. The highest BCUT2D eigenvalue weighted by molar-refractivity contribution is 5.81. The maximum absolute atomic E-state index is 13.4. The third-order valence-electron chi connectivity index (χ3n) is 4.89. The van der Waals surface area contributed by atoms with E-state index in [4.69, 9.17) is 5.73 Å². The van der Waals surface area contributed by atoms with Gasteiger partial charge in [-0.25, -0.2) is 4.98 Å². The summed E-state index contributed by atoms with van der Waals surface area (Å²) in [5.41, 5.74) is 5.35. The molecule has 0 spiro atoms. The van der Waals surface area contributed by atoms with E-state index in [0.717, 1.165) is 0 Å². The van der Waals surface area contributed by atoms with Crippen LogP contribution in [0.25, 0.3) is 11.2 Å². The number of nitrogens with two attached hydrogens (primary N) is 1. The number of imidazole rings is 1. The molecule has 4 rings (SSSR count). The van der Waals surface area contributed by atoms with Gasteiger partial charge in [-0.3, -0.25) is 0 Å². The monoisotopic (exact) mass is 295 g/mol. The predicted octanol–water partition coefficient (Wildman–Crippen LogP) is -1.18. The zero-order chi connectivity index (χ0) is 14.9. The number of fused-ring (bicyclic) bond motifs is 2. The van der Waals surface area contributed by atoms with Gasteiger partial charge < -0.3 is 25.6 Å². The molecule has 2 saturated carbocycles. The fourth-order valence-corrected chi connectivity index (χ4v) is 3.68. The Balaban J connectivity index is 1.85. The van der Waals surface area contributed by atoms with Crippen LogP contribution in [0.4, 0.5) is 10.2 Å². The molecule has 5 N–H and O–H groups in total. The third kappa shape index (κ3) is 1.45. The molecule has 0 amide bonds. The number of halogens is 1. The highest BCUT2D eigenvalue weighted by atomic mass is 19.1. The Morgan fingerprint density at radius 1 is 1.43 bits per heavy atom. The fourth-order valence-electron chi connectivity index (χ4n) is 3.68. The molecule has 2 aliphatic rings. The van der Waals surface area contributed by atoms with E-state index in [2.05, 4.69) is 15.0 Å². The number of anilines is 1. The topological polar surface area (TPSA) is 130 Å². The second-order valence-corrected chi connectivity index (χ2v) is 5.83. The number of aromatic nitrogens is 4. The molecule has 5 atom stereocenters. The van der Waals surface area contributed by atoms with Crippen LogP contribution < -0.4 is 5.73 Å². The molecule has 0 aliphatic heterocycles. The Morgan fingerprint density at radius 3 is 2.86 bits per heavy atom. The van der Waals surface area contributed by atoms with E-state index < -0.39 is 29.7 Å². The van der Waals surface area contributed by atoms with E-state index in [1.54, 1.807) is 0 Å². The predicted molar refractivity (Wildman–Crippen MR) is 68.4 cm³/mol. The van der Waals surface area contributed by atoms with E-state index in [9.17, 15) is 19.7 Å².